The number of nitrogens with zero attached hydrogens (tertiary/aromatic N) is 5. The first-order valence-electron chi connectivity index (χ1n) is 11.1. The maximum atomic E-state index is 11.2. The molecule has 1 spiro atoms. The van der Waals surface area contributed by atoms with E-state index in [-0.39, 0.29) is 11.5 Å². The number of fused-ring (bicyclic) bond motifs is 2. The van der Waals surface area contributed by atoms with Crippen molar-refractivity contribution < 1.29 is 10.2 Å². The summed E-state index contributed by atoms with van der Waals surface area (Å²) in [5.74, 6) is 0.465. The van der Waals surface area contributed by atoms with Gasteiger partial charge in [0.2, 0.25) is 0 Å². The Morgan fingerprint density at radius 1 is 1.18 bits per heavy atom. The zero-order valence-corrected chi connectivity index (χ0v) is 19.8. The standard InChI is InChI=1S/C24H25BrN6O2/c1-13-16-4-6-31(23(16)28-12-27-13)19-10-24(21(33)20(19)32)5-7-30(11-24)15-3-2-14-8-17(25)22(26)29-18(14)9-15/h2-4,6,8-9,12,19-21,32-33H,5,7,10-11H2,1H3,(H2,26,29). The molecule has 0 amide bonds. The lowest BCUT2D eigenvalue weighted by Gasteiger charge is -2.29. The van der Waals surface area contributed by atoms with Crippen molar-refractivity contribution in [3.8, 4) is 0 Å². The van der Waals surface area contributed by atoms with Gasteiger partial charge in [-0.3, -0.25) is 0 Å². The SMILES string of the molecule is Cc1ncnc2c1ccn2C1CC2(CCN(c3ccc4cc(Br)c(N)nc4c3)C2)C(O)C1O. The van der Waals surface area contributed by atoms with E-state index in [4.69, 9.17) is 5.73 Å². The van der Waals surface area contributed by atoms with Crippen LogP contribution in [0.3, 0.4) is 0 Å². The third-order valence-corrected chi connectivity index (χ3v) is 8.19. The van der Waals surface area contributed by atoms with Gasteiger partial charge in [-0.1, -0.05) is 6.07 Å². The Balaban J connectivity index is 1.30. The fourth-order valence-corrected chi connectivity index (χ4v) is 6.06. The van der Waals surface area contributed by atoms with Crippen molar-refractivity contribution in [2.75, 3.05) is 23.7 Å². The second-order valence-electron chi connectivity index (χ2n) is 9.39. The number of aromatic nitrogens is 4. The number of benzene rings is 1. The van der Waals surface area contributed by atoms with Crippen LogP contribution < -0.4 is 10.6 Å². The van der Waals surface area contributed by atoms with Gasteiger partial charge in [-0.05, 0) is 60.0 Å². The topological polar surface area (TPSA) is 113 Å². The number of pyridine rings is 1. The monoisotopic (exact) mass is 508 g/mol. The fraction of sp³-hybridized carbons (Fsp3) is 0.375. The van der Waals surface area contributed by atoms with Crippen molar-refractivity contribution in [2.24, 2.45) is 5.41 Å². The zero-order chi connectivity index (χ0) is 22.9. The third-order valence-electron chi connectivity index (χ3n) is 7.56. The van der Waals surface area contributed by atoms with Crippen molar-refractivity contribution >= 4 is 49.4 Å². The highest BCUT2D eigenvalue weighted by atomic mass is 79.9. The summed E-state index contributed by atoms with van der Waals surface area (Å²) in [6, 6.07) is 9.90. The van der Waals surface area contributed by atoms with E-state index in [2.05, 4.69) is 41.8 Å². The van der Waals surface area contributed by atoms with E-state index in [1.165, 1.54) is 0 Å². The van der Waals surface area contributed by atoms with E-state index >= 15 is 0 Å². The summed E-state index contributed by atoms with van der Waals surface area (Å²) < 4.78 is 2.80. The minimum atomic E-state index is -0.855. The minimum absolute atomic E-state index is 0.234. The Morgan fingerprint density at radius 3 is 2.88 bits per heavy atom. The van der Waals surface area contributed by atoms with Crippen LogP contribution in [0.2, 0.25) is 0 Å². The van der Waals surface area contributed by atoms with Crippen LogP contribution in [0.4, 0.5) is 11.5 Å². The van der Waals surface area contributed by atoms with E-state index in [1.54, 1.807) is 6.33 Å². The average Bonchev–Trinajstić information content (AvgIpc) is 3.48. The molecular weight excluding hydrogens is 484 g/mol. The van der Waals surface area contributed by atoms with Crippen LogP contribution in [0.25, 0.3) is 21.9 Å². The van der Waals surface area contributed by atoms with Crippen molar-refractivity contribution in [1.29, 1.82) is 0 Å². The summed E-state index contributed by atoms with van der Waals surface area (Å²) in [6.07, 6.45) is 3.34. The number of aliphatic hydroxyl groups excluding tert-OH is 2. The fourth-order valence-electron chi connectivity index (χ4n) is 5.72. The van der Waals surface area contributed by atoms with Crippen LogP contribution >= 0.6 is 15.9 Å². The molecule has 1 saturated carbocycles. The molecule has 4 heterocycles. The lowest BCUT2D eigenvalue weighted by molar-refractivity contribution is -0.0204. The Morgan fingerprint density at radius 2 is 2.03 bits per heavy atom. The highest BCUT2D eigenvalue weighted by Gasteiger charge is 2.56. The normalized spacial score (nSPS) is 27.4. The maximum Gasteiger partial charge on any atom is 0.143 e. The highest BCUT2D eigenvalue weighted by Crippen LogP contribution is 2.51. The van der Waals surface area contributed by atoms with E-state index in [1.807, 2.05) is 42.0 Å². The number of halogens is 1. The van der Waals surface area contributed by atoms with Gasteiger partial charge in [-0.25, -0.2) is 15.0 Å². The van der Waals surface area contributed by atoms with E-state index < -0.39 is 12.2 Å². The molecule has 6 rings (SSSR count). The van der Waals surface area contributed by atoms with Crippen molar-refractivity contribution in [2.45, 2.75) is 38.0 Å². The largest absolute Gasteiger partial charge is 0.390 e. The summed E-state index contributed by atoms with van der Waals surface area (Å²) in [6.45, 7) is 3.43. The van der Waals surface area contributed by atoms with Gasteiger partial charge >= 0.3 is 0 Å². The molecule has 4 unspecified atom stereocenters. The molecule has 9 heteroatoms. The quantitative estimate of drug-likeness (QED) is 0.381. The van der Waals surface area contributed by atoms with E-state index in [0.717, 1.165) is 50.8 Å². The molecule has 1 aliphatic heterocycles. The number of rotatable bonds is 2. The molecule has 1 aromatic carbocycles. The Labute approximate surface area is 199 Å². The van der Waals surface area contributed by atoms with Gasteiger partial charge in [0.25, 0.3) is 0 Å². The molecule has 33 heavy (non-hydrogen) atoms. The zero-order valence-electron chi connectivity index (χ0n) is 18.2. The lowest BCUT2D eigenvalue weighted by atomic mass is 9.83. The van der Waals surface area contributed by atoms with Gasteiger partial charge < -0.3 is 25.4 Å². The van der Waals surface area contributed by atoms with Crippen molar-refractivity contribution in [3.63, 3.8) is 0 Å². The smallest absolute Gasteiger partial charge is 0.143 e. The number of anilines is 2. The third kappa shape index (κ3) is 3.13. The Hall–Kier alpha value is -2.75. The van der Waals surface area contributed by atoms with Crippen LogP contribution in [0.5, 0.6) is 0 Å². The van der Waals surface area contributed by atoms with Gasteiger partial charge in [0.05, 0.1) is 27.8 Å². The second-order valence-corrected chi connectivity index (χ2v) is 10.2. The Bertz CT molecular complexity index is 1390. The summed E-state index contributed by atoms with van der Waals surface area (Å²) in [5.41, 5.74) is 9.20. The summed E-state index contributed by atoms with van der Waals surface area (Å²) in [7, 11) is 0. The maximum absolute atomic E-state index is 11.2. The van der Waals surface area contributed by atoms with Gasteiger partial charge in [0, 0.05) is 41.2 Å². The van der Waals surface area contributed by atoms with Gasteiger partial charge in [0.1, 0.15) is 23.9 Å². The van der Waals surface area contributed by atoms with Gasteiger partial charge in [-0.15, -0.1) is 0 Å². The number of hydrogen-bond donors (Lipinski definition) is 3. The Kier molecular flexibility index (Phi) is 4.66. The van der Waals surface area contributed by atoms with Crippen LogP contribution in [0.15, 0.2) is 47.3 Å². The van der Waals surface area contributed by atoms with Crippen LogP contribution in [0.1, 0.15) is 24.6 Å². The van der Waals surface area contributed by atoms with E-state index in [9.17, 15) is 10.2 Å². The molecule has 2 fully saturated rings. The molecule has 4 atom stereocenters. The molecule has 1 aliphatic carbocycles. The van der Waals surface area contributed by atoms with Crippen LogP contribution in [-0.2, 0) is 0 Å². The molecule has 8 nitrogen and oxygen atoms in total. The van der Waals surface area contributed by atoms with Crippen LogP contribution in [0, 0.1) is 12.3 Å². The summed E-state index contributed by atoms with van der Waals surface area (Å²) in [4.78, 5) is 15.5. The number of nitrogen functional groups attached to an aromatic ring is 1. The lowest BCUT2D eigenvalue weighted by Crippen LogP contribution is -2.38. The van der Waals surface area contributed by atoms with E-state index in [0.29, 0.717) is 18.8 Å². The first kappa shape index (κ1) is 20.8. The molecule has 0 radical (unpaired) electrons. The summed E-state index contributed by atoms with van der Waals surface area (Å²) in [5, 5.41) is 24.3. The molecule has 2 aliphatic rings. The molecule has 3 aromatic heterocycles. The predicted octanol–water partition coefficient (Wildman–Crippen LogP) is 3.20. The molecule has 4 aromatic rings. The van der Waals surface area contributed by atoms with Crippen molar-refractivity contribution in [1.82, 2.24) is 19.5 Å². The predicted molar refractivity (Wildman–Crippen MR) is 131 cm³/mol. The summed E-state index contributed by atoms with van der Waals surface area (Å²) >= 11 is 3.44. The molecular formula is C24H25BrN6O2. The number of nitrogens with two attached hydrogens (primary N) is 1. The first-order chi connectivity index (χ1) is 15.9. The van der Waals surface area contributed by atoms with Gasteiger partial charge in [-0.2, -0.15) is 0 Å². The number of hydrogen-bond acceptors (Lipinski definition) is 7. The first-order valence-corrected chi connectivity index (χ1v) is 11.9. The highest BCUT2D eigenvalue weighted by molar-refractivity contribution is 9.10. The minimum Gasteiger partial charge on any atom is -0.390 e. The molecule has 0 bridgehead atoms. The van der Waals surface area contributed by atoms with Crippen molar-refractivity contribution in [3.05, 3.63) is 53.0 Å². The number of aryl methyl sites for hydroxylation is 1. The molecule has 1 saturated heterocycles. The molecule has 170 valence electrons. The number of aliphatic hydroxyl groups is 2. The van der Waals surface area contributed by atoms with Gasteiger partial charge in [0.15, 0.2) is 0 Å². The second kappa shape index (κ2) is 7.38. The molecule has 4 N–H and O–H groups in total. The average molecular weight is 509 g/mol. The van der Waals surface area contributed by atoms with Crippen LogP contribution in [-0.4, -0.2) is 55.0 Å².